The average molecular weight is 159 g/mol. The molecule has 0 aliphatic carbocycles. The normalized spacial score (nSPS) is 17.0. The summed E-state index contributed by atoms with van der Waals surface area (Å²) >= 11 is 0. The van der Waals surface area contributed by atoms with Gasteiger partial charge >= 0.3 is 0 Å². The van der Waals surface area contributed by atoms with E-state index >= 15 is 0 Å². The summed E-state index contributed by atoms with van der Waals surface area (Å²) in [4.78, 5) is 4.04. The Bertz CT molecular complexity index is 328. The first kappa shape index (κ1) is 7.10. The van der Waals surface area contributed by atoms with Gasteiger partial charge in [0.05, 0.1) is 6.20 Å². The minimum atomic E-state index is 0.624. The van der Waals surface area contributed by atoms with Gasteiger partial charge in [0, 0.05) is 6.21 Å². The van der Waals surface area contributed by atoms with Crippen molar-refractivity contribution >= 4 is 6.21 Å². The van der Waals surface area contributed by atoms with E-state index in [1.165, 1.54) is 5.56 Å². The molecule has 0 saturated heterocycles. The zero-order valence-electron chi connectivity index (χ0n) is 6.60. The van der Waals surface area contributed by atoms with E-state index in [4.69, 9.17) is 4.74 Å². The maximum Gasteiger partial charge on any atom is 0.113 e. The molecule has 0 aromatic heterocycles. The third kappa shape index (κ3) is 1.37. The minimum absolute atomic E-state index is 0.624. The third-order valence-electron chi connectivity index (χ3n) is 1.75. The number of hydrogen-bond acceptors (Lipinski definition) is 2. The molecule has 0 saturated carbocycles. The summed E-state index contributed by atoms with van der Waals surface area (Å²) in [5.74, 6) is 0. The highest BCUT2D eigenvalue weighted by molar-refractivity contribution is 5.82. The Labute approximate surface area is 71.2 Å². The van der Waals surface area contributed by atoms with Gasteiger partial charge in [-0.3, -0.25) is 4.99 Å². The molecular weight excluding hydrogens is 150 g/mol. The quantitative estimate of drug-likeness (QED) is 0.568. The predicted molar refractivity (Wildman–Crippen MR) is 48.0 cm³/mol. The number of benzene rings is 1. The Morgan fingerprint density at radius 1 is 1.25 bits per heavy atom. The second-order valence-electron chi connectivity index (χ2n) is 2.57. The van der Waals surface area contributed by atoms with Gasteiger partial charge in [-0.05, 0) is 11.1 Å². The van der Waals surface area contributed by atoms with Gasteiger partial charge in [0.1, 0.15) is 12.9 Å². The van der Waals surface area contributed by atoms with Crippen LogP contribution in [-0.2, 0) is 11.3 Å². The topological polar surface area (TPSA) is 21.6 Å². The molecule has 0 unspecified atom stereocenters. The summed E-state index contributed by atoms with van der Waals surface area (Å²) in [6, 6.07) is 8.07. The average Bonchev–Trinajstić information content (AvgIpc) is 2.06. The first-order valence-corrected chi connectivity index (χ1v) is 3.84. The summed E-state index contributed by atoms with van der Waals surface area (Å²) in [7, 11) is 0. The Morgan fingerprint density at radius 2 is 2.17 bits per heavy atom. The van der Waals surface area contributed by atoms with Crippen molar-refractivity contribution < 1.29 is 4.74 Å². The monoisotopic (exact) mass is 159 g/mol. The number of aliphatic imine (C=N–C) groups is 1. The van der Waals surface area contributed by atoms with Gasteiger partial charge in [0.15, 0.2) is 0 Å². The van der Waals surface area contributed by atoms with Gasteiger partial charge in [0.2, 0.25) is 0 Å². The highest BCUT2D eigenvalue weighted by Crippen LogP contribution is 2.09. The third-order valence-corrected chi connectivity index (χ3v) is 1.75. The van der Waals surface area contributed by atoms with Crippen LogP contribution in [0.1, 0.15) is 11.1 Å². The van der Waals surface area contributed by atoms with E-state index < -0.39 is 0 Å². The van der Waals surface area contributed by atoms with Gasteiger partial charge in [-0.25, -0.2) is 0 Å². The molecule has 0 spiro atoms. The van der Waals surface area contributed by atoms with E-state index in [0.717, 1.165) is 5.56 Å². The van der Waals surface area contributed by atoms with Crippen LogP contribution in [0.25, 0.3) is 0 Å². The molecule has 0 atom stereocenters. The molecule has 2 rings (SSSR count). The van der Waals surface area contributed by atoms with E-state index in [-0.39, 0.29) is 0 Å². The molecule has 2 heteroatoms. The van der Waals surface area contributed by atoms with Crippen molar-refractivity contribution in [3.63, 3.8) is 0 Å². The summed E-state index contributed by atoms with van der Waals surface area (Å²) in [5.41, 5.74) is 2.30. The van der Waals surface area contributed by atoms with Crippen LogP contribution in [0.5, 0.6) is 0 Å². The van der Waals surface area contributed by atoms with Crippen molar-refractivity contribution in [3.8, 4) is 0 Å². The fourth-order valence-corrected chi connectivity index (χ4v) is 1.13. The Kier molecular flexibility index (Phi) is 1.90. The molecule has 60 valence electrons. The maximum absolute atomic E-state index is 5.21. The van der Waals surface area contributed by atoms with Crippen LogP contribution in [0.2, 0.25) is 0 Å². The van der Waals surface area contributed by atoms with E-state index in [0.29, 0.717) is 6.61 Å². The Balaban J connectivity index is 2.43. The summed E-state index contributed by atoms with van der Waals surface area (Å²) in [6.45, 7) is 0.624. The van der Waals surface area contributed by atoms with Crippen LogP contribution in [0, 0.1) is 0 Å². The van der Waals surface area contributed by atoms with Crippen LogP contribution in [-0.4, -0.2) is 6.21 Å². The number of rotatable bonds is 0. The van der Waals surface area contributed by atoms with Crippen LogP contribution in [0.4, 0.5) is 0 Å². The summed E-state index contributed by atoms with van der Waals surface area (Å²) in [6.07, 6.45) is 5.09. The highest BCUT2D eigenvalue weighted by Gasteiger charge is 1.99. The van der Waals surface area contributed by atoms with Crippen LogP contribution in [0.15, 0.2) is 41.7 Å². The lowest BCUT2D eigenvalue weighted by atomic mass is 10.1. The molecular formula is C10H9NO. The van der Waals surface area contributed by atoms with Gasteiger partial charge in [-0.2, -0.15) is 0 Å². The molecule has 12 heavy (non-hydrogen) atoms. The first-order valence-electron chi connectivity index (χ1n) is 3.84. The summed E-state index contributed by atoms with van der Waals surface area (Å²) < 4.78 is 5.21. The fraction of sp³-hybridized carbons (Fsp3) is 0.100. The largest absolute Gasteiger partial charge is 0.495 e. The molecule has 2 nitrogen and oxygen atoms in total. The highest BCUT2D eigenvalue weighted by atomic mass is 16.5. The smallest absolute Gasteiger partial charge is 0.113 e. The summed E-state index contributed by atoms with van der Waals surface area (Å²) in [5, 5.41) is 0. The second kappa shape index (κ2) is 3.22. The molecule has 1 aliphatic heterocycles. The van der Waals surface area contributed by atoms with Crippen molar-refractivity contribution in [1.29, 1.82) is 0 Å². The lowest BCUT2D eigenvalue weighted by Crippen LogP contribution is -1.95. The Hall–Kier alpha value is -1.57. The second-order valence-corrected chi connectivity index (χ2v) is 2.57. The van der Waals surface area contributed by atoms with E-state index in [2.05, 4.69) is 4.99 Å². The molecule has 0 fully saturated rings. The Morgan fingerprint density at radius 3 is 3.17 bits per heavy atom. The molecule has 0 radical (unpaired) electrons. The standard InChI is InChI=1S/C10H9NO/c1-2-4-10-8-12-6-5-11-7-9(10)3-1/h1-7H,8H2/b6-5-,11-7?. The van der Waals surface area contributed by atoms with E-state index in [1.807, 2.05) is 30.5 Å². The van der Waals surface area contributed by atoms with E-state index in [9.17, 15) is 0 Å². The zero-order valence-corrected chi connectivity index (χ0v) is 6.60. The predicted octanol–water partition coefficient (Wildman–Crippen LogP) is 2.11. The van der Waals surface area contributed by atoms with E-state index in [1.54, 1.807) is 12.5 Å². The molecule has 0 amide bonds. The molecule has 1 heterocycles. The van der Waals surface area contributed by atoms with Crippen molar-refractivity contribution in [1.82, 2.24) is 0 Å². The van der Waals surface area contributed by atoms with Crippen molar-refractivity contribution in [2.75, 3.05) is 0 Å². The molecule has 1 aromatic rings. The molecule has 0 bridgehead atoms. The number of fused-ring (bicyclic) bond motifs is 1. The van der Waals surface area contributed by atoms with Crippen molar-refractivity contribution in [2.45, 2.75) is 6.61 Å². The maximum atomic E-state index is 5.21. The van der Waals surface area contributed by atoms with Gasteiger partial charge in [-0.15, -0.1) is 0 Å². The van der Waals surface area contributed by atoms with Crippen LogP contribution >= 0.6 is 0 Å². The van der Waals surface area contributed by atoms with Gasteiger partial charge in [0.25, 0.3) is 0 Å². The number of hydrogen-bond donors (Lipinski definition) is 0. The fourth-order valence-electron chi connectivity index (χ4n) is 1.13. The first-order chi connectivity index (χ1) is 5.97. The lowest BCUT2D eigenvalue weighted by Gasteiger charge is -2.06. The van der Waals surface area contributed by atoms with Crippen molar-refractivity contribution in [2.24, 2.45) is 4.99 Å². The molecule has 1 aromatic carbocycles. The van der Waals surface area contributed by atoms with Crippen LogP contribution < -0.4 is 0 Å². The minimum Gasteiger partial charge on any atom is -0.495 e. The van der Waals surface area contributed by atoms with Crippen LogP contribution in [0.3, 0.4) is 0 Å². The van der Waals surface area contributed by atoms with Gasteiger partial charge in [-0.1, -0.05) is 24.3 Å². The lowest BCUT2D eigenvalue weighted by molar-refractivity contribution is 0.235. The number of ether oxygens (including phenoxy) is 1. The number of nitrogens with zero attached hydrogens (tertiary/aromatic N) is 1. The van der Waals surface area contributed by atoms with Gasteiger partial charge < -0.3 is 4.74 Å². The zero-order chi connectivity index (χ0) is 8.23. The SMILES string of the molecule is C1=N/C=C\OCc2ccccc21. The molecule has 0 N–H and O–H groups in total. The molecule has 1 aliphatic rings. The van der Waals surface area contributed by atoms with Crippen molar-refractivity contribution in [3.05, 3.63) is 47.9 Å².